The number of hydrogen-bond donors (Lipinski definition) is 0. The second-order valence-corrected chi connectivity index (χ2v) is 6.06. The standard InChI is InChI=1S/C19H15ClF3NO3/c1-4-26-16(25)7-11-5-6-15(20)18(17(11)21)27-14-9-12(19(2,22)23)8-13(10-14)24-3/h5-6,8-10H,4,7H2,1-2H3. The zero-order valence-electron chi connectivity index (χ0n) is 14.5. The van der Waals surface area contributed by atoms with Gasteiger partial charge in [0, 0.05) is 18.1 Å². The predicted molar refractivity (Wildman–Crippen MR) is 94.1 cm³/mol. The highest BCUT2D eigenvalue weighted by Gasteiger charge is 2.26. The summed E-state index contributed by atoms with van der Waals surface area (Å²) in [5, 5.41) is -0.113. The van der Waals surface area contributed by atoms with Crippen LogP contribution in [0.1, 0.15) is 25.0 Å². The molecule has 0 aromatic heterocycles. The molecule has 0 saturated heterocycles. The fourth-order valence-corrected chi connectivity index (χ4v) is 2.43. The summed E-state index contributed by atoms with van der Waals surface area (Å²) in [6.07, 6.45) is -0.340. The highest BCUT2D eigenvalue weighted by atomic mass is 35.5. The van der Waals surface area contributed by atoms with Gasteiger partial charge in [0.1, 0.15) is 5.75 Å². The fraction of sp³-hybridized carbons (Fsp3) is 0.263. The van der Waals surface area contributed by atoms with Crippen LogP contribution in [0, 0.1) is 12.4 Å². The van der Waals surface area contributed by atoms with E-state index in [-0.39, 0.29) is 35.1 Å². The number of rotatable bonds is 6. The molecule has 2 aromatic carbocycles. The zero-order chi connectivity index (χ0) is 20.2. The molecule has 0 fully saturated rings. The number of ether oxygens (including phenoxy) is 2. The summed E-state index contributed by atoms with van der Waals surface area (Å²) >= 11 is 5.96. The molecule has 0 saturated carbocycles. The molecule has 0 aliphatic heterocycles. The van der Waals surface area contributed by atoms with E-state index in [1.807, 2.05) is 0 Å². The Morgan fingerprint density at radius 2 is 2.00 bits per heavy atom. The van der Waals surface area contributed by atoms with Gasteiger partial charge in [0.15, 0.2) is 17.3 Å². The van der Waals surface area contributed by atoms with Crippen LogP contribution < -0.4 is 4.74 Å². The largest absolute Gasteiger partial charge is 0.466 e. The van der Waals surface area contributed by atoms with Gasteiger partial charge in [0.2, 0.25) is 0 Å². The summed E-state index contributed by atoms with van der Waals surface area (Å²) < 4.78 is 52.1. The van der Waals surface area contributed by atoms with Crippen molar-refractivity contribution in [1.29, 1.82) is 0 Å². The first-order chi connectivity index (χ1) is 12.7. The average molecular weight is 398 g/mol. The van der Waals surface area contributed by atoms with Crippen LogP contribution in [-0.2, 0) is 21.9 Å². The lowest BCUT2D eigenvalue weighted by Crippen LogP contribution is -2.09. The monoisotopic (exact) mass is 397 g/mol. The van der Waals surface area contributed by atoms with Crippen molar-refractivity contribution < 1.29 is 27.4 Å². The van der Waals surface area contributed by atoms with Crippen molar-refractivity contribution >= 4 is 23.3 Å². The second-order valence-electron chi connectivity index (χ2n) is 5.65. The Morgan fingerprint density at radius 3 is 2.59 bits per heavy atom. The summed E-state index contributed by atoms with van der Waals surface area (Å²) in [5.41, 5.74) is -0.566. The summed E-state index contributed by atoms with van der Waals surface area (Å²) in [4.78, 5) is 14.7. The average Bonchev–Trinajstić information content (AvgIpc) is 2.60. The normalized spacial score (nSPS) is 11.0. The number of alkyl halides is 2. The SMILES string of the molecule is [C-]#[N+]c1cc(Oc2c(Cl)ccc(CC(=O)OCC)c2F)cc(C(C)(F)F)c1. The lowest BCUT2D eigenvalue weighted by atomic mass is 10.1. The van der Waals surface area contributed by atoms with E-state index >= 15 is 0 Å². The summed E-state index contributed by atoms with van der Waals surface area (Å²) in [6.45, 7) is 9.47. The predicted octanol–water partition coefficient (Wildman–Crippen LogP) is 6.04. The van der Waals surface area contributed by atoms with Gasteiger partial charge in [-0.05, 0) is 31.2 Å². The van der Waals surface area contributed by atoms with Crippen molar-refractivity contribution in [2.24, 2.45) is 0 Å². The topological polar surface area (TPSA) is 39.9 Å². The zero-order valence-corrected chi connectivity index (χ0v) is 15.2. The van der Waals surface area contributed by atoms with Crippen LogP contribution >= 0.6 is 11.6 Å². The van der Waals surface area contributed by atoms with E-state index in [9.17, 15) is 18.0 Å². The van der Waals surface area contributed by atoms with E-state index in [2.05, 4.69) is 4.85 Å². The van der Waals surface area contributed by atoms with Crippen molar-refractivity contribution in [3.8, 4) is 11.5 Å². The molecular formula is C19H15ClF3NO3. The smallest absolute Gasteiger partial charge is 0.310 e. The van der Waals surface area contributed by atoms with Crippen molar-refractivity contribution in [3.63, 3.8) is 0 Å². The van der Waals surface area contributed by atoms with Crippen molar-refractivity contribution in [2.45, 2.75) is 26.2 Å². The third kappa shape index (κ3) is 5.14. The molecule has 0 radical (unpaired) electrons. The van der Waals surface area contributed by atoms with E-state index in [0.717, 1.165) is 12.1 Å². The first-order valence-electron chi connectivity index (χ1n) is 7.87. The molecule has 2 aromatic rings. The quantitative estimate of drug-likeness (QED) is 0.440. The number of esters is 1. The van der Waals surface area contributed by atoms with Gasteiger partial charge < -0.3 is 9.47 Å². The van der Waals surface area contributed by atoms with Crippen LogP contribution in [0.2, 0.25) is 5.02 Å². The Hall–Kier alpha value is -2.72. The Balaban J connectivity index is 2.43. The molecule has 0 unspecified atom stereocenters. The number of carbonyl (C=O) groups is 1. The number of benzene rings is 2. The van der Waals surface area contributed by atoms with Gasteiger partial charge in [-0.25, -0.2) is 18.0 Å². The minimum atomic E-state index is -3.22. The van der Waals surface area contributed by atoms with Gasteiger partial charge >= 0.3 is 5.97 Å². The second kappa shape index (κ2) is 8.31. The van der Waals surface area contributed by atoms with Crippen molar-refractivity contribution in [2.75, 3.05) is 6.61 Å². The molecule has 0 heterocycles. The molecule has 0 amide bonds. The maximum Gasteiger partial charge on any atom is 0.310 e. The maximum atomic E-state index is 14.7. The Labute approximate surface area is 159 Å². The Kier molecular flexibility index (Phi) is 6.34. The van der Waals surface area contributed by atoms with E-state index in [1.54, 1.807) is 6.92 Å². The van der Waals surface area contributed by atoms with E-state index < -0.39 is 29.0 Å². The van der Waals surface area contributed by atoms with Gasteiger partial charge in [-0.15, -0.1) is 0 Å². The molecule has 0 spiro atoms. The van der Waals surface area contributed by atoms with Gasteiger partial charge in [-0.2, -0.15) is 0 Å². The molecule has 142 valence electrons. The van der Waals surface area contributed by atoms with Gasteiger partial charge in [-0.3, -0.25) is 4.79 Å². The Morgan fingerprint density at radius 1 is 1.30 bits per heavy atom. The van der Waals surface area contributed by atoms with E-state index in [4.69, 9.17) is 27.6 Å². The lowest BCUT2D eigenvalue weighted by Gasteiger charge is -2.15. The van der Waals surface area contributed by atoms with Crippen LogP contribution in [0.3, 0.4) is 0 Å². The van der Waals surface area contributed by atoms with Gasteiger partial charge in [0.25, 0.3) is 5.92 Å². The third-order valence-corrected chi connectivity index (χ3v) is 3.81. The molecule has 0 aliphatic carbocycles. The van der Waals surface area contributed by atoms with E-state index in [0.29, 0.717) is 6.92 Å². The lowest BCUT2D eigenvalue weighted by molar-refractivity contribution is -0.142. The summed E-state index contributed by atoms with van der Waals surface area (Å²) in [5.74, 6) is -5.35. The Bertz CT molecular complexity index is 904. The molecule has 8 heteroatoms. The third-order valence-electron chi connectivity index (χ3n) is 3.52. The number of nitrogens with zero attached hydrogens (tertiary/aromatic N) is 1. The van der Waals surface area contributed by atoms with Gasteiger partial charge in [-0.1, -0.05) is 17.7 Å². The van der Waals surface area contributed by atoms with Crippen molar-refractivity contribution in [3.05, 3.63) is 63.7 Å². The minimum absolute atomic E-state index is 0.0183. The molecule has 0 atom stereocenters. The molecular weight excluding hydrogens is 383 g/mol. The summed E-state index contributed by atoms with van der Waals surface area (Å²) in [6, 6.07) is 5.85. The molecule has 0 bridgehead atoms. The number of hydrogen-bond acceptors (Lipinski definition) is 3. The first-order valence-corrected chi connectivity index (χ1v) is 8.24. The minimum Gasteiger partial charge on any atom is -0.466 e. The number of carbonyl (C=O) groups excluding carboxylic acids is 1. The van der Waals surface area contributed by atoms with Crippen molar-refractivity contribution in [1.82, 2.24) is 0 Å². The highest BCUT2D eigenvalue weighted by molar-refractivity contribution is 6.32. The highest BCUT2D eigenvalue weighted by Crippen LogP contribution is 2.38. The van der Waals surface area contributed by atoms with E-state index in [1.165, 1.54) is 18.2 Å². The van der Waals surface area contributed by atoms with Crippen LogP contribution in [0.4, 0.5) is 18.9 Å². The number of halogens is 4. The molecule has 27 heavy (non-hydrogen) atoms. The fourth-order valence-electron chi connectivity index (χ4n) is 2.25. The maximum absolute atomic E-state index is 14.7. The van der Waals surface area contributed by atoms with Crippen LogP contribution in [0.15, 0.2) is 30.3 Å². The first kappa shape index (κ1) is 20.6. The molecule has 0 aliphatic rings. The van der Waals surface area contributed by atoms with Crippen LogP contribution in [0.5, 0.6) is 11.5 Å². The molecule has 2 rings (SSSR count). The summed E-state index contributed by atoms with van der Waals surface area (Å²) in [7, 11) is 0. The molecule has 0 N–H and O–H groups in total. The van der Waals surface area contributed by atoms with Crippen LogP contribution in [0.25, 0.3) is 4.85 Å². The van der Waals surface area contributed by atoms with Crippen LogP contribution in [-0.4, -0.2) is 12.6 Å². The molecule has 4 nitrogen and oxygen atoms in total. The van der Waals surface area contributed by atoms with Gasteiger partial charge in [0.05, 0.1) is 24.6 Å².